The molecule has 6 nitrogen and oxygen atoms in total. The van der Waals surface area contributed by atoms with E-state index in [2.05, 4.69) is 10.1 Å². The fourth-order valence-electron chi connectivity index (χ4n) is 2.23. The number of aromatic nitrogens is 3. The zero-order valence-electron chi connectivity index (χ0n) is 12.2. The first kappa shape index (κ1) is 15.9. The molecule has 0 aliphatic rings. The van der Waals surface area contributed by atoms with Gasteiger partial charge in [-0.25, -0.2) is 0 Å². The number of para-hydroxylation sites is 1. The van der Waals surface area contributed by atoms with Crippen LogP contribution in [0.4, 0.5) is 13.2 Å². The van der Waals surface area contributed by atoms with Crippen molar-refractivity contribution in [2.24, 2.45) is 0 Å². The Hall–Kier alpha value is -2.97. The second-order valence-electron chi connectivity index (χ2n) is 5.08. The lowest BCUT2D eigenvalue weighted by Crippen LogP contribution is -2.22. The smallest absolute Gasteiger partial charge is 0.393 e. The van der Waals surface area contributed by atoms with E-state index in [0.29, 0.717) is 11.3 Å². The van der Waals surface area contributed by atoms with Crippen molar-refractivity contribution in [3.8, 4) is 11.6 Å². The lowest BCUT2D eigenvalue weighted by molar-refractivity contribution is -0.127. The van der Waals surface area contributed by atoms with Gasteiger partial charge in [-0.2, -0.15) is 22.8 Å². The number of nitrogens with zero attached hydrogens (tertiary/aromatic N) is 2. The second kappa shape index (κ2) is 5.91. The molecule has 1 aromatic carbocycles. The molecule has 24 heavy (non-hydrogen) atoms. The van der Waals surface area contributed by atoms with Crippen LogP contribution in [-0.2, 0) is 13.0 Å². The molecule has 0 radical (unpaired) electrons. The lowest BCUT2D eigenvalue weighted by atomic mass is 10.2. The second-order valence-corrected chi connectivity index (χ2v) is 5.08. The topological polar surface area (TPSA) is 79.6 Å². The zero-order chi connectivity index (χ0) is 17.3. The van der Waals surface area contributed by atoms with Crippen molar-refractivity contribution in [2.45, 2.75) is 19.2 Å². The van der Waals surface area contributed by atoms with Crippen LogP contribution in [0, 0.1) is 0 Å². The number of aromatic hydroxyl groups is 1. The molecule has 3 aromatic rings. The Bertz CT molecular complexity index is 917. The number of ether oxygens (including phenoxy) is 1. The molecule has 126 valence electrons. The van der Waals surface area contributed by atoms with Gasteiger partial charge in [0.15, 0.2) is 0 Å². The van der Waals surface area contributed by atoms with Crippen LogP contribution in [0.5, 0.6) is 11.6 Å². The van der Waals surface area contributed by atoms with E-state index in [4.69, 9.17) is 4.74 Å². The summed E-state index contributed by atoms with van der Waals surface area (Å²) in [4.78, 5) is 14.2. The summed E-state index contributed by atoms with van der Waals surface area (Å²) in [6.07, 6.45) is -4.85. The SMILES string of the molecule is O=c1[nH]c2c(COc3ccccc3)cnn2c(O)c1CC(F)(F)F. The summed E-state index contributed by atoms with van der Waals surface area (Å²) < 4.78 is 43.9. The first-order valence-corrected chi connectivity index (χ1v) is 6.90. The van der Waals surface area contributed by atoms with Gasteiger partial charge in [0.05, 0.1) is 23.7 Å². The lowest BCUT2D eigenvalue weighted by Gasteiger charge is -2.09. The monoisotopic (exact) mass is 339 g/mol. The summed E-state index contributed by atoms with van der Waals surface area (Å²) in [5, 5.41) is 13.7. The maximum Gasteiger partial charge on any atom is 0.393 e. The van der Waals surface area contributed by atoms with E-state index in [9.17, 15) is 23.1 Å². The molecule has 0 atom stereocenters. The van der Waals surface area contributed by atoms with Crippen LogP contribution in [-0.4, -0.2) is 25.9 Å². The maximum atomic E-state index is 12.5. The van der Waals surface area contributed by atoms with E-state index in [1.807, 2.05) is 6.07 Å². The Morgan fingerprint density at radius 1 is 1.25 bits per heavy atom. The first-order chi connectivity index (χ1) is 11.3. The number of nitrogens with one attached hydrogen (secondary N) is 1. The van der Waals surface area contributed by atoms with Gasteiger partial charge in [-0.15, -0.1) is 0 Å². The fourth-order valence-corrected chi connectivity index (χ4v) is 2.23. The standard InChI is InChI=1S/C15H12F3N3O3/c16-15(17,18)6-11-13(22)20-12-9(7-19-21(12)14(11)23)8-24-10-4-2-1-3-5-10/h1-5,7,23H,6,8H2,(H,20,22). The van der Waals surface area contributed by atoms with Crippen molar-refractivity contribution in [1.29, 1.82) is 0 Å². The molecule has 0 bridgehead atoms. The van der Waals surface area contributed by atoms with Crippen molar-refractivity contribution >= 4 is 5.65 Å². The number of hydrogen-bond acceptors (Lipinski definition) is 4. The number of rotatable bonds is 4. The highest BCUT2D eigenvalue weighted by molar-refractivity contribution is 5.49. The van der Waals surface area contributed by atoms with E-state index in [1.54, 1.807) is 24.3 Å². The van der Waals surface area contributed by atoms with Gasteiger partial charge in [0.1, 0.15) is 18.0 Å². The third-order valence-corrected chi connectivity index (χ3v) is 3.34. The summed E-state index contributed by atoms with van der Waals surface area (Å²) >= 11 is 0. The number of alkyl halides is 3. The molecule has 0 aliphatic heterocycles. The highest BCUT2D eigenvalue weighted by atomic mass is 19.4. The quantitative estimate of drug-likeness (QED) is 0.765. The molecule has 0 unspecified atom stereocenters. The van der Waals surface area contributed by atoms with Crippen molar-refractivity contribution in [2.75, 3.05) is 0 Å². The van der Waals surface area contributed by atoms with Crippen molar-refractivity contribution in [3.63, 3.8) is 0 Å². The van der Waals surface area contributed by atoms with Gasteiger partial charge in [-0.05, 0) is 12.1 Å². The fraction of sp³-hybridized carbons (Fsp3) is 0.200. The van der Waals surface area contributed by atoms with Crippen molar-refractivity contribution in [3.05, 3.63) is 58.0 Å². The molecule has 0 aliphatic carbocycles. The third kappa shape index (κ3) is 3.19. The number of fused-ring (bicyclic) bond motifs is 1. The summed E-state index contributed by atoms with van der Waals surface area (Å²) in [6, 6.07) is 8.84. The van der Waals surface area contributed by atoms with Gasteiger partial charge in [0.2, 0.25) is 5.88 Å². The highest BCUT2D eigenvalue weighted by Gasteiger charge is 2.32. The van der Waals surface area contributed by atoms with E-state index in [0.717, 1.165) is 4.52 Å². The summed E-state index contributed by atoms with van der Waals surface area (Å²) in [5.74, 6) is -0.255. The molecule has 0 fully saturated rings. The van der Waals surface area contributed by atoms with Gasteiger partial charge in [0, 0.05) is 0 Å². The molecule has 0 amide bonds. The summed E-state index contributed by atoms with van der Waals surface area (Å²) in [5.41, 5.74) is -1.29. The van der Waals surface area contributed by atoms with Gasteiger partial charge in [0.25, 0.3) is 5.56 Å². The van der Waals surface area contributed by atoms with Crippen LogP contribution in [0.15, 0.2) is 41.3 Å². The Morgan fingerprint density at radius 3 is 2.62 bits per heavy atom. The van der Waals surface area contributed by atoms with Gasteiger partial charge in [-0.3, -0.25) is 4.79 Å². The zero-order valence-corrected chi connectivity index (χ0v) is 12.2. The van der Waals surface area contributed by atoms with Gasteiger partial charge >= 0.3 is 6.18 Å². The number of benzene rings is 1. The molecule has 0 saturated carbocycles. The molecule has 2 N–H and O–H groups in total. The van der Waals surface area contributed by atoms with E-state index in [1.165, 1.54) is 6.20 Å². The minimum Gasteiger partial charge on any atom is -0.493 e. The number of aromatic amines is 1. The van der Waals surface area contributed by atoms with Crippen molar-refractivity contribution in [1.82, 2.24) is 14.6 Å². The van der Waals surface area contributed by atoms with E-state index >= 15 is 0 Å². The Morgan fingerprint density at radius 2 is 1.96 bits per heavy atom. The number of halogens is 3. The molecular weight excluding hydrogens is 327 g/mol. The van der Waals surface area contributed by atoms with Gasteiger partial charge in [-0.1, -0.05) is 18.2 Å². The Kier molecular flexibility index (Phi) is 3.92. The van der Waals surface area contributed by atoms with Gasteiger partial charge < -0.3 is 14.8 Å². The van der Waals surface area contributed by atoms with E-state index in [-0.39, 0.29) is 12.3 Å². The predicted molar refractivity (Wildman–Crippen MR) is 78.0 cm³/mol. The molecular formula is C15H12F3N3O3. The average molecular weight is 339 g/mol. The molecule has 2 aromatic heterocycles. The van der Waals surface area contributed by atoms with Crippen molar-refractivity contribution < 1.29 is 23.0 Å². The number of H-pyrrole nitrogens is 1. The minimum atomic E-state index is -4.62. The average Bonchev–Trinajstić information content (AvgIpc) is 2.92. The third-order valence-electron chi connectivity index (χ3n) is 3.34. The normalized spacial score (nSPS) is 11.8. The van der Waals surface area contributed by atoms with Crippen LogP contribution < -0.4 is 10.3 Å². The largest absolute Gasteiger partial charge is 0.493 e. The molecule has 3 rings (SSSR count). The summed E-state index contributed by atoms with van der Waals surface area (Å²) in [6.45, 7) is 0.0293. The highest BCUT2D eigenvalue weighted by Crippen LogP contribution is 2.25. The minimum absolute atomic E-state index is 0.0293. The van der Waals surface area contributed by atoms with E-state index < -0.39 is 29.6 Å². The van der Waals surface area contributed by atoms with Crippen LogP contribution in [0.1, 0.15) is 11.1 Å². The first-order valence-electron chi connectivity index (χ1n) is 6.90. The number of hydrogen-bond donors (Lipinski definition) is 2. The van der Waals surface area contributed by atoms with Crippen LogP contribution in [0.2, 0.25) is 0 Å². The summed E-state index contributed by atoms with van der Waals surface area (Å²) in [7, 11) is 0. The van der Waals surface area contributed by atoms with Crippen LogP contribution in [0.25, 0.3) is 5.65 Å². The molecule has 9 heteroatoms. The van der Waals surface area contributed by atoms with Crippen LogP contribution >= 0.6 is 0 Å². The van der Waals surface area contributed by atoms with Crippen LogP contribution in [0.3, 0.4) is 0 Å². The maximum absolute atomic E-state index is 12.5. The Labute approximate surface area is 133 Å². The molecule has 0 saturated heterocycles. The Balaban J connectivity index is 1.94. The molecule has 2 heterocycles. The molecule has 0 spiro atoms. The predicted octanol–water partition coefficient (Wildman–Crippen LogP) is 2.41.